The van der Waals surface area contributed by atoms with Gasteiger partial charge in [-0.1, -0.05) is 51.1 Å². The molecule has 0 fully saturated rings. The van der Waals surface area contributed by atoms with Crippen LogP contribution in [0.25, 0.3) is 0 Å². The molecule has 4 nitrogen and oxygen atoms in total. The molecule has 102 valence electrons. The molecule has 0 bridgehead atoms. The lowest BCUT2D eigenvalue weighted by molar-refractivity contribution is 0.538. The van der Waals surface area contributed by atoms with Crippen LogP contribution in [-0.4, -0.2) is 14.8 Å². The first kappa shape index (κ1) is 13.7. The number of rotatable bonds is 3. The van der Waals surface area contributed by atoms with Crippen LogP contribution in [0.2, 0.25) is 0 Å². The quantitative estimate of drug-likeness (QED) is 0.919. The molecule has 19 heavy (non-hydrogen) atoms. The molecule has 0 aliphatic heterocycles. The van der Waals surface area contributed by atoms with E-state index in [1.54, 1.807) is 4.68 Å². The zero-order valence-electron chi connectivity index (χ0n) is 12.1. The molecule has 1 unspecified atom stereocenters. The second-order valence-corrected chi connectivity index (χ2v) is 5.96. The SMILES string of the molecule is Cn1nc(C(C)(C)C)nc1C(N)Cc1ccccc1. The van der Waals surface area contributed by atoms with E-state index < -0.39 is 0 Å². The van der Waals surface area contributed by atoms with E-state index in [4.69, 9.17) is 5.73 Å². The van der Waals surface area contributed by atoms with Gasteiger partial charge in [0.15, 0.2) is 5.82 Å². The number of aromatic nitrogens is 3. The molecule has 2 rings (SSSR count). The fourth-order valence-corrected chi connectivity index (χ4v) is 2.00. The summed E-state index contributed by atoms with van der Waals surface area (Å²) in [4.78, 5) is 4.60. The Kier molecular flexibility index (Phi) is 3.71. The summed E-state index contributed by atoms with van der Waals surface area (Å²) in [5, 5.41) is 4.47. The van der Waals surface area contributed by atoms with Crippen molar-refractivity contribution in [3.63, 3.8) is 0 Å². The van der Waals surface area contributed by atoms with E-state index in [1.807, 2.05) is 25.2 Å². The molecule has 0 saturated heterocycles. The summed E-state index contributed by atoms with van der Waals surface area (Å²) in [6.07, 6.45) is 0.775. The molecule has 0 amide bonds. The molecule has 0 aliphatic rings. The number of hydrogen-bond acceptors (Lipinski definition) is 3. The van der Waals surface area contributed by atoms with Gasteiger partial charge in [0.1, 0.15) is 5.82 Å². The van der Waals surface area contributed by atoms with Gasteiger partial charge in [-0.05, 0) is 12.0 Å². The van der Waals surface area contributed by atoms with Gasteiger partial charge in [-0.25, -0.2) is 4.98 Å². The average Bonchev–Trinajstić information content (AvgIpc) is 2.72. The van der Waals surface area contributed by atoms with E-state index in [1.165, 1.54) is 5.56 Å². The molecule has 2 N–H and O–H groups in total. The fraction of sp³-hybridized carbons (Fsp3) is 0.467. The Labute approximate surface area is 114 Å². The Hall–Kier alpha value is -1.68. The van der Waals surface area contributed by atoms with Gasteiger partial charge >= 0.3 is 0 Å². The van der Waals surface area contributed by atoms with Gasteiger partial charge in [0, 0.05) is 12.5 Å². The summed E-state index contributed by atoms with van der Waals surface area (Å²) in [5.41, 5.74) is 7.43. The van der Waals surface area contributed by atoms with Crippen LogP contribution in [0.5, 0.6) is 0 Å². The van der Waals surface area contributed by atoms with Crippen molar-refractivity contribution in [3.05, 3.63) is 47.5 Å². The highest BCUT2D eigenvalue weighted by Gasteiger charge is 2.23. The molecule has 0 spiro atoms. The normalized spacial score (nSPS) is 13.5. The van der Waals surface area contributed by atoms with Gasteiger partial charge in [0.2, 0.25) is 0 Å². The number of hydrogen-bond donors (Lipinski definition) is 1. The molecule has 1 atom stereocenters. The van der Waals surface area contributed by atoms with Crippen molar-refractivity contribution in [2.75, 3.05) is 0 Å². The van der Waals surface area contributed by atoms with Crippen LogP contribution < -0.4 is 5.73 Å². The van der Waals surface area contributed by atoms with Crippen molar-refractivity contribution < 1.29 is 0 Å². The van der Waals surface area contributed by atoms with E-state index in [9.17, 15) is 0 Å². The molecule has 4 heteroatoms. The maximum Gasteiger partial charge on any atom is 0.156 e. The lowest BCUT2D eigenvalue weighted by Gasteiger charge is -2.12. The van der Waals surface area contributed by atoms with Crippen LogP contribution in [0.15, 0.2) is 30.3 Å². The minimum absolute atomic E-state index is 0.0531. The van der Waals surface area contributed by atoms with Crippen molar-refractivity contribution in [2.24, 2.45) is 12.8 Å². The minimum Gasteiger partial charge on any atom is -0.321 e. The van der Waals surface area contributed by atoms with Crippen molar-refractivity contribution in [3.8, 4) is 0 Å². The number of nitrogens with two attached hydrogens (primary N) is 1. The zero-order valence-corrected chi connectivity index (χ0v) is 12.1. The van der Waals surface area contributed by atoms with E-state index in [0.717, 1.165) is 18.1 Å². The maximum atomic E-state index is 6.26. The van der Waals surface area contributed by atoms with E-state index in [2.05, 4.69) is 43.0 Å². The Bertz CT molecular complexity index is 537. The largest absolute Gasteiger partial charge is 0.321 e. The smallest absolute Gasteiger partial charge is 0.156 e. The molecular weight excluding hydrogens is 236 g/mol. The van der Waals surface area contributed by atoms with Gasteiger partial charge in [0.05, 0.1) is 6.04 Å². The summed E-state index contributed by atoms with van der Waals surface area (Å²) in [5.74, 6) is 1.68. The summed E-state index contributed by atoms with van der Waals surface area (Å²) < 4.78 is 1.80. The van der Waals surface area contributed by atoms with Crippen LogP contribution in [0, 0.1) is 0 Å². The minimum atomic E-state index is -0.129. The third kappa shape index (κ3) is 3.20. The van der Waals surface area contributed by atoms with E-state index in [0.29, 0.717) is 0 Å². The van der Waals surface area contributed by atoms with Crippen LogP contribution in [0.3, 0.4) is 0 Å². The van der Waals surface area contributed by atoms with Crippen LogP contribution in [0.1, 0.15) is 44.0 Å². The number of aryl methyl sites for hydroxylation is 1. The van der Waals surface area contributed by atoms with Crippen molar-refractivity contribution in [2.45, 2.75) is 38.6 Å². The van der Waals surface area contributed by atoms with E-state index >= 15 is 0 Å². The second-order valence-electron chi connectivity index (χ2n) is 5.96. The van der Waals surface area contributed by atoms with Crippen molar-refractivity contribution in [1.29, 1.82) is 0 Å². The summed E-state index contributed by atoms with van der Waals surface area (Å²) in [6.45, 7) is 6.32. The van der Waals surface area contributed by atoms with Gasteiger partial charge in [0.25, 0.3) is 0 Å². The number of benzene rings is 1. The van der Waals surface area contributed by atoms with Crippen LogP contribution >= 0.6 is 0 Å². The lowest BCUT2D eigenvalue weighted by atomic mass is 9.96. The molecule has 1 heterocycles. The standard InChI is InChI=1S/C15H22N4/c1-15(2,3)14-17-13(19(4)18-14)12(16)10-11-8-6-5-7-9-11/h5-9,12H,10,16H2,1-4H3. The first-order chi connectivity index (χ1) is 8.88. The van der Waals surface area contributed by atoms with Gasteiger partial charge in [-0.3, -0.25) is 4.68 Å². The Morgan fingerprint density at radius 1 is 1.21 bits per heavy atom. The Balaban J connectivity index is 2.20. The predicted molar refractivity (Wildman–Crippen MR) is 76.8 cm³/mol. The van der Waals surface area contributed by atoms with Gasteiger partial charge in [-0.15, -0.1) is 0 Å². The third-order valence-corrected chi connectivity index (χ3v) is 3.10. The molecule has 0 aliphatic carbocycles. The summed E-state index contributed by atoms with van der Waals surface area (Å²) in [7, 11) is 1.91. The Morgan fingerprint density at radius 3 is 2.37 bits per heavy atom. The molecule has 1 aromatic heterocycles. The fourth-order valence-electron chi connectivity index (χ4n) is 2.00. The first-order valence-electron chi connectivity index (χ1n) is 6.59. The summed E-state index contributed by atoms with van der Waals surface area (Å²) >= 11 is 0. The molecule has 0 radical (unpaired) electrons. The summed E-state index contributed by atoms with van der Waals surface area (Å²) in [6, 6.07) is 10.1. The topological polar surface area (TPSA) is 56.7 Å². The number of nitrogens with zero attached hydrogens (tertiary/aromatic N) is 3. The molecular formula is C15H22N4. The van der Waals surface area contributed by atoms with Gasteiger partial charge in [-0.2, -0.15) is 5.10 Å². The highest BCUT2D eigenvalue weighted by molar-refractivity contribution is 5.17. The lowest BCUT2D eigenvalue weighted by Crippen LogP contribution is -2.18. The molecule has 2 aromatic rings. The zero-order chi connectivity index (χ0) is 14.0. The molecule has 0 saturated carbocycles. The monoisotopic (exact) mass is 258 g/mol. The third-order valence-electron chi connectivity index (χ3n) is 3.10. The first-order valence-corrected chi connectivity index (χ1v) is 6.59. The highest BCUT2D eigenvalue weighted by Crippen LogP contribution is 2.21. The van der Waals surface area contributed by atoms with Gasteiger partial charge < -0.3 is 5.73 Å². The van der Waals surface area contributed by atoms with Crippen molar-refractivity contribution in [1.82, 2.24) is 14.8 Å². The predicted octanol–water partition coefficient (Wildman–Crippen LogP) is 2.36. The Morgan fingerprint density at radius 2 is 1.84 bits per heavy atom. The average molecular weight is 258 g/mol. The maximum absolute atomic E-state index is 6.26. The van der Waals surface area contributed by atoms with Crippen LogP contribution in [0.4, 0.5) is 0 Å². The molecule has 1 aromatic carbocycles. The van der Waals surface area contributed by atoms with Crippen molar-refractivity contribution >= 4 is 0 Å². The second kappa shape index (κ2) is 5.13. The highest BCUT2D eigenvalue weighted by atomic mass is 15.3. The van der Waals surface area contributed by atoms with E-state index in [-0.39, 0.29) is 11.5 Å². The van der Waals surface area contributed by atoms with Crippen LogP contribution in [-0.2, 0) is 18.9 Å².